The summed E-state index contributed by atoms with van der Waals surface area (Å²) in [5.41, 5.74) is 1.01. The summed E-state index contributed by atoms with van der Waals surface area (Å²) in [6.07, 6.45) is 4.42. The van der Waals surface area contributed by atoms with E-state index in [4.69, 9.17) is 0 Å². The lowest BCUT2D eigenvalue weighted by Crippen LogP contribution is -2.42. The van der Waals surface area contributed by atoms with Gasteiger partial charge in [-0.05, 0) is 68.5 Å². The number of carbonyl (C=O) groups excluding carboxylic acids is 2. The fourth-order valence-corrected chi connectivity index (χ4v) is 5.96. The molecule has 4 rings (SSSR count). The van der Waals surface area contributed by atoms with Crippen molar-refractivity contribution in [1.82, 2.24) is 9.80 Å². The number of aryl methyl sites for hydroxylation is 2. The average Bonchev–Trinajstić information content (AvgIpc) is 3.21. The minimum absolute atomic E-state index is 0.0867. The molecule has 2 aliphatic rings. The molecule has 1 aromatic heterocycles. The molecule has 0 saturated carbocycles. The predicted octanol–water partition coefficient (Wildman–Crippen LogP) is 4.35. The Bertz CT molecular complexity index is 1110. The van der Waals surface area contributed by atoms with Gasteiger partial charge in [-0.2, -0.15) is 4.91 Å². The number of hydrogen-bond acceptors (Lipinski definition) is 6. The highest BCUT2D eigenvalue weighted by molar-refractivity contribution is 7.19. The van der Waals surface area contributed by atoms with Crippen LogP contribution in [-0.2, 0) is 22.4 Å². The first kappa shape index (κ1) is 22.4. The summed E-state index contributed by atoms with van der Waals surface area (Å²) in [5, 5.41) is 14.2. The number of benzene rings is 1. The number of amides is 3. The quantitative estimate of drug-likeness (QED) is 0.491. The number of nitroso groups, excluding NO2 is 1. The van der Waals surface area contributed by atoms with Gasteiger partial charge in [0, 0.05) is 23.2 Å². The predicted molar refractivity (Wildman–Crippen MR) is 122 cm³/mol. The van der Waals surface area contributed by atoms with Crippen LogP contribution in [0.5, 0.6) is 0 Å². The van der Waals surface area contributed by atoms with Crippen LogP contribution in [0.2, 0.25) is 0 Å². The van der Waals surface area contributed by atoms with E-state index in [1.807, 2.05) is 18.2 Å². The van der Waals surface area contributed by atoms with Crippen molar-refractivity contribution < 1.29 is 19.5 Å². The number of carboxylic acid groups (broad SMARTS) is 1. The lowest BCUT2D eigenvalue weighted by molar-refractivity contribution is -0.143. The first-order valence-corrected chi connectivity index (χ1v) is 11.7. The Morgan fingerprint density at radius 1 is 1.25 bits per heavy atom. The zero-order chi connectivity index (χ0) is 23.2. The van der Waals surface area contributed by atoms with Gasteiger partial charge in [-0.15, -0.1) is 11.3 Å². The molecule has 0 radical (unpaired) electrons. The van der Waals surface area contributed by atoms with Crippen molar-refractivity contribution in [2.75, 3.05) is 13.6 Å². The molecular weight excluding hydrogens is 430 g/mol. The number of nitrogens with zero attached hydrogens (tertiary/aromatic N) is 3. The van der Waals surface area contributed by atoms with Crippen LogP contribution in [0.25, 0.3) is 10.1 Å². The Morgan fingerprint density at radius 2 is 1.97 bits per heavy atom. The van der Waals surface area contributed by atoms with Crippen molar-refractivity contribution in [3.63, 3.8) is 0 Å². The number of hydrogen-bond donors (Lipinski definition) is 1. The van der Waals surface area contributed by atoms with Gasteiger partial charge in [-0.25, -0.2) is 4.79 Å². The minimum atomic E-state index is -1.17. The van der Waals surface area contributed by atoms with Crippen LogP contribution in [0, 0.1) is 10.8 Å². The van der Waals surface area contributed by atoms with E-state index < -0.39 is 35.4 Å². The van der Waals surface area contributed by atoms with Gasteiger partial charge in [0.1, 0.15) is 11.6 Å². The first-order valence-electron chi connectivity index (χ1n) is 10.8. The fourth-order valence-electron chi connectivity index (χ4n) is 4.61. The van der Waals surface area contributed by atoms with E-state index in [1.54, 1.807) is 25.2 Å². The maximum atomic E-state index is 12.7. The summed E-state index contributed by atoms with van der Waals surface area (Å²) >= 11 is 1.73. The average molecular weight is 458 g/mol. The molecule has 3 amide bonds. The van der Waals surface area contributed by atoms with E-state index >= 15 is 0 Å². The van der Waals surface area contributed by atoms with E-state index in [9.17, 15) is 24.4 Å². The maximum absolute atomic E-state index is 12.7. The number of carbonyl (C=O) groups is 3. The molecule has 2 aromatic rings. The molecule has 0 spiro atoms. The Hall–Kier alpha value is -2.81. The largest absolute Gasteiger partial charge is 0.481 e. The van der Waals surface area contributed by atoms with Gasteiger partial charge in [0.15, 0.2) is 0 Å². The molecule has 32 heavy (non-hydrogen) atoms. The zero-order valence-corrected chi connectivity index (χ0v) is 19.3. The third-order valence-electron chi connectivity index (χ3n) is 6.88. The maximum Gasteiger partial charge on any atom is 0.327 e. The summed E-state index contributed by atoms with van der Waals surface area (Å²) < 4.78 is 1.09. The number of carboxylic acids is 1. The molecule has 1 fully saturated rings. The summed E-state index contributed by atoms with van der Waals surface area (Å²) in [7, 11) is 1.52. The van der Waals surface area contributed by atoms with Crippen molar-refractivity contribution in [3.05, 3.63) is 39.1 Å². The SMILES string of the molecule is CN1C(=O)N(CC(CC(N=O)c2ccc3c4c(sc3c2)CCCC4)C(=O)O)C(=O)C1(C)C. The van der Waals surface area contributed by atoms with Crippen molar-refractivity contribution in [2.45, 2.75) is 57.5 Å². The van der Waals surface area contributed by atoms with E-state index in [0.29, 0.717) is 5.56 Å². The van der Waals surface area contributed by atoms with Crippen LogP contribution >= 0.6 is 11.3 Å². The third kappa shape index (κ3) is 3.68. The highest BCUT2D eigenvalue weighted by atomic mass is 32.1. The van der Waals surface area contributed by atoms with Crippen molar-refractivity contribution in [3.8, 4) is 0 Å². The molecule has 2 heterocycles. The van der Waals surface area contributed by atoms with Crippen molar-refractivity contribution in [2.24, 2.45) is 11.1 Å². The van der Waals surface area contributed by atoms with Gasteiger partial charge in [0.2, 0.25) is 0 Å². The normalized spacial score (nSPS) is 19.8. The second-order valence-electron chi connectivity index (χ2n) is 9.17. The van der Waals surface area contributed by atoms with E-state index in [0.717, 1.165) is 22.4 Å². The fraction of sp³-hybridized carbons (Fsp3) is 0.522. The Morgan fingerprint density at radius 3 is 2.59 bits per heavy atom. The van der Waals surface area contributed by atoms with Gasteiger partial charge in [-0.1, -0.05) is 17.3 Å². The second-order valence-corrected chi connectivity index (χ2v) is 10.3. The van der Waals surface area contributed by atoms with Gasteiger partial charge in [-0.3, -0.25) is 14.5 Å². The molecule has 8 nitrogen and oxygen atoms in total. The first-order chi connectivity index (χ1) is 15.1. The molecule has 170 valence electrons. The molecular formula is C23H27N3O5S. The van der Waals surface area contributed by atoms with E-state index in [2.05, 4.69) is 5.18 Å². The number of fused-ring (bicyclic) bond motifs is 3. The standard InChI is InChI=1S/C23H27N3O5S/c1-23(2)21(29)26(22(30)25(23)3)12-14(20(27)28)10-17(24-31)13-8-9-16-15-6-4-5-7-18(15)32-19(16)11-13/h8-9,11,14,17H,4-7,10,12H2,1-3H3,(H,27,28). The number of urea groups is 1. The van der Waals surface area contributed by atoms with Crippen molar-refractivity contribution in [1.29, 1.82) is 0 Å². The molecule has 2 atom stereocenters. The number of imide groups is 1. The Balaban J connectivity index is 1.57. The number of thiophene rings is 1. The smallest absolute Gasteiger partial charge is 0.327 e. The molecule has 1 aromatic carbocycles. The number of rotatable bonds is 7. The summed E-state index contributed by atoms with van der Waals surface area (Å²) in [6.45, 7) is 2.95. The van der Waals surface area contributed by atoms with Crippen LogP contribution in [0.4, 0.5) is 4.79 Å². The van der Waals surface area contributed by atoms with Crippen LogP contribution in [0.15, 0.2) is 23.4 Å². The molecule has 1 aliphatic heterocycles. The van der Waals surface area contributed by atoms with Crippen LogP contribution < -0.4 is 0 Å². The molecule has 0 bridgehead atoms. The van der Waals surface area contributed by atoms with E-state index in [1.165, 1.54) is 40.6 Å². The van der Waals surface area contributed by atoms with Gasteiger partial charge < -0.3 is 10.0 Å². The number of likely N-dealkylation sites (N-methyl/N-ethyl adjacent to an activating group) is 1. The topological polar surface area (TPSA) is 107 Å². The highest BCUT2D eigenvalue weighted by Gasteiger charge is 2.50. The zero-order valence-electron chi connectivity index (χ0n) is 18.5. The lowest BCUT2D eigenvalue weighted by Gasteiger charge is -2.22. The summed E-state index contributed by atoms with van der Waals surface area (Å²) in [5.74, 6) is -2.71. The highest BCUT2D eigenvalue weighted by Crippen LogP contribution is 2.39. The molecule has 1 saturated heterocycles. The molecule has 1 N–H and O–H groups in total. The second kappa shape index (κ2) is 8.27. The third-order valence-corrected chi connectivity index (χ3v) is 8.13. The van der Waals surface area contributed by atoms with Crippen LogP contribution in [0.3, 0.4) is 0 Å². The van der Waals surface area contributed by atoms with Crippen molar-refractivity contribution >= 4 is 39.3 Å². The van der Waals surface area contributed by atoms with Gasteiger partial charge in [0.25, 0.3) is 5.91 Å². The van der Waals surface area contributed by atoms with Gasteiger partial charge in [0.05, 0.1) is 5.92 Å². The monoisotopic (exact) mass is 457 g/mol. The van der Waals surface area contributed by atoms with Gasteiger partial charge >= 0.3 is 12.0 Å². The van der Waals surface area contributed by atoms with Crippen LogP contribution in [0.1, 0.15) is 55.2 Å². The summed E-state index contributed by atoms with van der Waals surface area (Å²) in [4.78, 5) is 52.5. The lowest BCUT2D eigenvalue weighted by atomic mass is 9.92. The minimum Gasteiger partial charge on any atom is -0.481 e. The molecule has 2 unspecified atom stereocenters. The molecule has 1 aliphatic carbocycles. The summed E-state index contributed by atoms with van der Waals surface area (Å²) in [6, 6.07) is 4.37. The van der Waals surface area contributed by atoms with Crippen LogP contribution in [-0.4, -0.2) is 51.9 Å². The van der Waals surface area contributed by atoms with E-state index in [-0.39, 0.29) is 13.0 Å². The Labute approximate surface area is 190 Å². The number of aliphatic carboxylic acids is 1. The molecule has 9 heteroatoms. The Kier molecular flexibility index (Phi) is 5.79.